The summed E-state index contributed by atoms with van der Waals surface area (Å²) >= 11 is 0. The molecule has 0 saturated heterocycles. The number of amides is 1. The van der Waals surface area contributed by atoms with Gasteiger partial charge >= 0.3 is 0 Å². The number of carbonyl (C=O) groups excluding carboxylic acids is 1. The van der Waals surface area contributed by atoms with E-state index in [1.54, 1.807) is 35.1 Å². The molecule has 4 aromatic rings. The van der Waals surface area contributed by atoms with Crippen LogP contribution in [0.2, 0.25) is 0 Å². The first-order valence-electron chi connectivity index (χ1n) is 10.3. The van der Waals surface area contributed by atoms with Gasteiger partial charge in [0.05, 0.1) is 6.54 Å². The van der Waals surface area contributed by atoms with Crippen LogP contribution in [-0.2, 0) is 13.2 Å². The largest absolute Gasteiger partial charge is 0.489 e. The van der Waals surface area contributed by atoms with E-state index in [1.165, 1.54) is 17.7 Å². The molecule has 0 bridgehead atoms. The fraction of sp³-hybridized carbons (Fsp3) is 0.154. The SMILES string of the molecule is Cc1ccc(OCc2cccc(C(=O)Nc3ccn(Cc4ccc(F)cc4)n3)c2)c(C)c1. The first-order chi connectivity index (χ1) is 15.5. The summed E-state index contributed by atoms with van der Waals surface area (Å²) in [6.07, 6.45) is 1.77. The van der Waals surface area contributed by atoms with Crippen LogP contribution in [0.5, 0.6) is 5.75 Å². The minimum atomic E-state index is -0.274. The van der Waals surface area contributed by atoms with E-state index >= 15 is 0 Å². The predicted molar refractivity (Wildman–Crippen MR) is 122 cm³/mol. The Morgan fingerprint density at radius 1 is 1.00 bits per heavy atom. The average Bonchev–Trinajstić information content (AvgIpc) is 3.21. The number of hydrogen-bond donors (Lipinski definition) is 1. The molecular weight excluding hydrogens is 405 g/mol. The number of carbonyl (C=O) groups is 1. The molecule has 1 heterocycles. The Morgan fingerprint density at radius 3 is 2.59 bits per heavy atom. The van der Waals surface area contributed by atoms with Crippen LogP contribution in [0, 0.1) is 19.7 Å². The number of benzene rings is 3. The van der Waals surface area contributed by atoms with Crippen LogP contribution in [0.25, 0.3) is 0 Å². The van der Waals surface area contributed by atoms with Crippen molar-refractivity contribution in [2.24, 2.45) is 0 Å². The lowest BCUT2D eigenvalue weighted by atomic mass is 10.1. The van der Waals surface area contributed by atoms with Crippen molar-refractivity contribution >= 4 is 11.7 Å². The molecule has 0 aliphatic carbocycles. The van der Waals surface area contributed by atoms with Crippen LogP contribution >= 0.6 is 0 Å². The Hall–Kier alpha value is -3.93. The first kappa shape index (κ1) is 21.3. The lowest BCUT2D eigenvalue weighted by Crippen LogP contribution is -2.13. The molecule has 0 unspecified atom stereocenters. The monoisotopic (exact) mass is 429 g/mol. The summed E-state index contributed by atoms with van der Waals surface area (Å²) in [4.78, 5) is 12.7. The van der Waals surface area contributed by atoms with Crippen molar-refractivity contribution in [1.29, 1.82) is 0 Å². The van der Waals surface area contributed by atoms with Crippen molar-refractivity contribution in [3.05, 3.63) is 113 Å². The van der Waals surface area contributed by atoms with Gasteiger partial charge in [0.15, 0.2) is 5.82 Å². The van der Waals surface area contributed by atoms with Crippen molar-refractivity contribution in [3.63, 3.8) is 0 Å². The van der Waals surface area contributed by atoms with Crippen LogP contribution in [0.3, 0.4) is 0 Å². The van der Waals surface area contributed by atoms with E-state index in [-0.39, 0.29) is 11.7 Å². The molecule has 3 aromatic carbocycles. The lowest BCUT2D eigenvalue weighted by Gasteiger charge is -2.10. The van der Waals surface area contributed by atoms with E-state index in [2.05, 4.69) is 16.5 Å². The highest BCUT2D eigenvalue weighted by atomic mass is 19.1. The van der Waals surface area contributed by atoms with Crippen LogP contribution in [0.15, 0.2) is 79.0 Å². The molecule has 0 aliphatic heterocycles. The zero-order valence-corrected chi connectivity index (χ0v) is 18.0. The Labute approximate surface area is 186 Å². The summed E-state index contributed by atoms with van der Waals surface area (Å²) in [6, 6.07) is 21.4. The summed E-state index contributed by atoms with van der Waals surface area (Å²) in [5.41, 5.74) is 4.62. The summed E-state index contributed by atoms with van der Waals surface area (Å²) in [6.45, 7) is 4.92. The topological polar surface area (TPSA) is 56.1 Å². The molecule has 6 heteroatoms. The van der Waals surface area contributed by atoms with Crippen LogP contribution in [-0.4, -0.2) is 15.7 Å². The molecule has 32 heavy (non-hydrogen) atoms. The summed E-state index contributed by atoms with van der Waals surface area (Å²) in [7, 11) is 0. The van der Waals surface area contributed by atoms with Gasteiger partial charge in [0.2, 0.25) is 0 Å². The number of halogens is 1. The molecule has 0 atom stereocenters. The number of nitrogens with zero attached hydrogens (tertiary/aromatic N) is 2. The van der Waals surface area contributed by atoms with Crippen molar-refractivity contribution in [1.82, 2.24) is 9.78 Å². The molecule has 0 spiro atoms. The van der Waals surface area contributed by atoms with Gasteiger partial charge in [-0.25, -0.2) is 4.39 Å². The third kappa shape index (κ3) is 5.40. The van der Waals surface area contributed by atoms with Crippen LogP contribution in [0.1, 0.15) is 32.6 Å². The number of rotatable bonds is 7. The van der Waals surface area contributed by atoms with Gasteiger partial charge < -0.3 is 10.1 Å². The normalized spacial score (nSPS) is 10.7. The number of ether oxygens (including phenoxy) is 1. The van der Waals surface area contributed by atoms with Gasteiger partial charge in [0.1, 0.15) is 18.2 Å². The third-order valence-electron chi connectivity index (χ3n) is 5.05. The summed E-state index contributed by atoms with van der Waals surface area (Å²) in [5.74, 6) is 0.764. The zero-order valence-electron chi connectivity index (χ0n) is 18.0. The quantitative estimate of drug-likeness (QED) is 0.421. The van der Waals surface area contributed by atoms with Crippen molar-refractivity contribution in [2.45, 2.75) is 27.0 Å². The van der Waals surface area contributed by atoms with Crippen molar-refractivity contribution < 1.29 is 13.9 Å². The minimum absolute atomic E-state index is 0.245. The maximum absolute atomic E-state index is 13.1. The van der Waals surface area contributed by atoms with Gasteiger partial charge in [-0.1, -0.05) is 42.0 Å². The maximum Gasteiger partial charge on any atom is 0.256 e. The highest BCUT2D eigenvalue weighted by Gasteiger charge is 2.10. The highest BCUT2D eigenvalue weighted by molar-refractivity contribution is 6.03. The number of anilines is 1. The zero-order chi connectivity index (χ0) is 22.5. The molecule has 162 valence electrons. The number of aryl methyl sites for hydroxylation is 2. The van der Waals surface area contributed by atoms with E-state index in [1.807, 2.05) is 44.2 Å². The van der Waals surface area contributed by atoms with E-state index < -0.39 is 0 Å². The van der Waals surface area contributed by atoms with E-state index in [0.29, 0.717) is 24.5 Å². The van der Waals surface area contributed by atoms with Gasteiger partial charge in [0.25, 0.3) is 5.91 Å². The number of hydrogen-bond acceptors (Lipinski definition) is 3. The number of nitrogens with one attached hydrogen (secondary N) is 1. The van der Waals surface area contributed by atoms with Gasteiger partial charge in [-0.2, -0.15) is 5.10 Å². The van der Waals surface area contributed by atoms with E-state index in [0.717, 1.165) is 22.4 Å². The smallest absolute Gasteiger partial charge is 0.256 e. The first-order valence-corrected chi connectivity index (χ1v) is 10.3. The second-order valence-corrected chi connectivity index (χ2v) is 7.74. The van der Waals surface area contributed by atoms with Crippen LogP contribution in [0.4, 0.5) is 10.2 Å². The van der Waals surface area contributed by atoms with Crippen LogP contribution < -0.4 is 10.1 Å². The molecule has 1 aromatic heterocycles. The Morgan fingerprint density at radius 2 is 1.81 bits per heavy atom. The molecule has 5 nitrogen and oxygen atoms in total. The van der Waals surface area contributed by atoms with Crippen molar-refractivity contribution in [3.8, 4) is 5.75 Å². The molecule has 0 radical (unpaired) electrons. The van der Waals surface area contributed by atoms with Gasteiger partial charge in [0, 0.05) is 17.8 Å². The Bertz CT molecular complexity index is 1230. The fourth-order valence-corrected chi connectivity index (χ4v) is 3.41. The highest BCUT2D eigenvalue weighted by Crippen LogP contribution is 2.20. The lowest BCUT2D eigenvalue weighted by molar-refractivity contribution is 0.102. The Kier molecular flexibility index (Phi) is 6.31. The van der Waals surface area contributed by atoms with Gasteiger partial charge in [-0.3, -0.25) is 9.48 Å². The standard InChI is InChI=1S/C26H24FN3O2/c1-18-6-11-24(19(2)14-18)32-17-21-4-3-5-22(15-21)26(31)28-25-12-13-30(29-25)16-20-7-9-23(27)10-8-20/h3-15H,16-17H2,1-2H3,(H,28,29,31). The van der Waals surface area contributed by atoms with Gasteiger partial charge in [-0.05, 0) is 60.9 Å². The van der Waals surface area contributed by atoms with Gasteiger partial charge in [-0.15, -0.1) is 0 Å². The molecule has 0 fully saturated rings. The second kappa shape index (κ2) is 9.47. The molecule has 1 N–H and O–H groups in total. The summed E-state index contributed by atoms with van der Waals surface area (Å²) < 4.78 is 20.7. The minimum Gasteiger partial charge on any atom is -0.489 e. The molecule has 0 aliphatic rings. The molecular formula is C26H24FN3O2. The Balaban J connectivity index is 1.37. The number of aromatic nitrogens is 2. The summed E-state index contributed by atoms with van der Waals surface area (Å²) in [5, 5.41) is 7.19. The third-order valence-corrected chi connectivity index (χ3v) is 5.05. The fourth-order valence-electron chi connectivity index (χ4n) is 3.41. The maximum atomic E-state index is 13.1. The average molecular weight is 429 g/mol. The molecule has 1 amide bonds. The molecule has 4 rings (SSSR count). The van der Waals surface area contributed by atoms with E-state index in [4.69, 9.17) is 4.74 Å². The second-order valence-electron chi connectivity index (χ2n) is 7.74. The molecule has 0 saturated carbocycles. The predicted octanol–water partition coefficient (Wildman–Crippen LogP) is 5.52. The van der Waals surface area contributed by atoms with E-state index in [9.17, 15) is 9.18 Å². The van der Waals surface area contributed by atoms with Crippen molar-refractivity contribution in [2.75, 3.05) is 5.32 Å².